The topological polar surface area (TPSA) is 67.4 Å². The number of nitrogens with zero attached hydrogens (tertiary/aromatic N) is 3. The van der Waals surface area contributed by atoms with Crippen LogP contribution in [-0.2, 0) is 11.3 Å². The fourth-order valence-electron chi connectivity index (χ4n) is 2.32. The second-order valence-corrected chi connectivity index (χ2v) is 6.19. The molecule has 1 fully saturated rings. The van der Waals surface area contributed by atoms with E-state index < -0.39 is 0 Å². The van der Waals surface area contributed by atoms with Gasteiger partial charge in [0.15, 0.2) is 0 Å². The summed E-state index contributed by atoms with van der Waals surface area (Å²) in [7, 11) is 0. The smallest absolute Gasteiger partial charge is 0.258 e. The Morgan fingerprint density at radius 3 is 2.79 bits per heavy atom. The first-order valence-corrected chi connectivity index (χ1v) is 8.26. The Morgan fingerprint density at radius 2 is 2.08 bits per heavy atom. The van der Waals surface area contributed by atoms with E-state index in [4.69, 9.17) is 27.9 Å². The predicted octanol–water partition coefficient (Wildman–Crippen LogP) is 3.22. The van der Waals surface area contributed by atoms with Gasteiger partial charge in [-0.15, -0.1) is 0 Å². The molecule has 0 saturated carbocycles. The molecule has 1 aliphatic rings. The Labute approximate surface area is 149 Å². The molecule has 1 N–H and O–H groups in total. The van der Waals surface area contributed by atoms with Crippen molar-refractivity contribution >= 4 is 35.1 Å². The quantitative estimate of drug-likeness (QED) is 0.899. The highest BCUT2D eigenvalue weighted by Gasteiger charge is 2.19. The molecule has 2 aromatic rings. The zero-order chi connectivity index (χ0) is 16.9. The van der Waals surface area contributed by atoms with Gasteiger partial charge in [0.1, 0.15) is 6.73 Å². The van der Waals surface area contributed by atoms with Gasteiger partial charge < -0.3 is 15.0 Å². The van der Waals surface area contributed by atoms with Gasteiger partial charge in [-0.25, -0.2) is 9.97 Å². The normalized spacial score (nSPS) is 14.5. The van der Waals surface area contributed by atoms with Crippen molar-refractivity contribution < 1.29 is 9.53 Å². The van der Waals surface area contributed by atoms with E-state index in [2.05, 4.69) is 15.3 Å². The molecule has 3 rings (SSSR count). The number of aromatic nitrogens is 2. The van der Waals surface area contributed by atoms with E-state index in [9.17, 15) is 4.79 Å². The first kappa shape index (κ1) is 17.0. The van der Waals surface area contributed by atoms with Crippen molar-refractivity contribution in [1.82, 2.24) is 14.9 Å². The number of hydrogen-bond acceptors (Lipinski definition) is 5. The minimum atomic E-state index is -0.126. The van der Waals surface area contributed by atoms with Gasteiger partial charge >= 0.3 is 0 Å². The summed E-state index contributed by atoms with van der Waals surface area (Å²) in [6, 6.07) is 5.25. The van der Waals surface area contributed by atoms with E-state index in [0.717, 1.165) is 12.0 Å². The van der Waals surface area contributed by atoms with Crippen LogP contribution in [0.15, 0.2) is 30.6 Å². The Kier molecular flexibility index (Phi) is 5.50. The summed E-state index contributed by atoms with van der Waals surface area (Å²) >= 11 is 12.1. The molecule has 0 spiro atoms. The van der Waals surface area contributed by atoms with E-state index in [1.807, 2.05) is 0 Å². The third kappa shape index (κ3) is 4.14. The van der Waals surface area contributed by atoms with E-state index in [1.165, 1.54) is 12.4 Å². The van der Waals surface area contributed by atoms with Crippen molar-refractivity contribution in [3.8, 4) is 0 Å². The molecule has 8 heteroatoms. The van der Waals surface area contributed by atoms with Crippen molar-refractivity contribution in [2.24, 2.45) is 0 Å². The number of hydrogen-bond donors (Lipinski definition) is 1. The maximum absolute atomic E-state index is 12.3. The molecule has 0 aliphatic carbocycles. The van der Waals surface area contributed by atoms with Crippen molar-refractivity contribution in [2.45, 2.75) is 13.0 Å². The molecule has 0 unspecified atom stereocenters. The van der Waals surface area contributed by atoms with Crippen molar-refractivity contribution in [3.63, 3.8) is 0 Å². The first-order chi connectivity index (χ1) is 11.6. The van der Waals surface area contributed by atoms with Crippen LogP contribution in [0.2, 0.25) is 10.0 Å². The lowest BCUT2D eigenvalue weighted by molar-refractivity contribution is -0.00575. The average molecular weight is 367 g/mol. The number of amides is 1. The maximum atomic E-state index is 12.3. The van der Waals surface area contributed by atoms with Gasteiger partial charge in [-0.3, -0.25) is 4.79 Å². The molecule has 1 aromatic heterocycles. The van der Waals surface area contributed by atoms with Crippen LogP contribution in [0.1, 0.15) is 22.3 Å². The van der Waals surface area contributed by atoms with Crippen LogP contribution in [0.5, 0.6) is 0 Å². The molecule has 0 radical (unpaired) electrons. The van der Waals surface area contributed by atoms with Gasteiger partial charge in [0.2, 0.25) is 5.95 Å². The van der Waals surface area contributed by atoms with Crippen LogP contribution in [0, 0.1) is 0 Å². The van der Waals surface area contributed by atoms with Crippen LogP contribution in [-0.4, -0.2) is 40.7 Å². The number of anilines is 1. The highest BCUT2D eigenvalue weighted by Crippen LogP contribution is 2.21. The highest BCUT2D eigenvalue weighted by atomic mass is 35.5. The molecular weight excluding hydrogens is 351 g/mol. The zero-order valence-electron chi connectivity index (χ0n) is 12.8. The van der Waals surface area contributed by atoms with Gasteiger partial charge in [0.05, 0.1) is 12.2 Å². The summed E-state index contributed by atoms with van der Waals surface area (Å²) in [6.07, 6.45) is 3.85. The van der Waals surface area contributed by atoms with E-state index in [-0.39, 0.29) is 5.91 Å². The standard InChI is InChI=1S/C16H16Cl2N4O2/c17-13-2-3-14(18)11(6-13)7-19-16-20-8-12(9-21-16)15(23)22-4-1-5-24-10-22/h2-3,6,8-9H,1,4-5,7,10H2,(H,19,20,21). The molecular formula is C16H16Cl2N4O2. The molecule has 24 heavy (non-hydrogen) atoms. The Balaban J connectivity index is 1.62. The lowest BCUT2D eigenvalue weighted by atomic mass is 10.2. The third-order valence-electron chi connectivity index (χ3n) is 3.59. The second-order valence-electron chi connectivity index (χ2n) is 5.34. The van der Waals surface area contributed by atoms with E-state index in [0.29, 0.717) is 48.0 Å². The summed E-state index contributed by atoms with van der Waals surface area (Å²) in [4.78, 5) is 22.3. The molecule has 1 saturated heterocycles. The minimum Gasteiger partial charge on any atom is -0.361 e. The average Bonchev–Trinajstić information content (AvgIpc) is 2.63. The third-order valence-corrected chi connectivity index (χ3v) is 4.20. The number of carbonyl (C=O) groups excluding carboxylic acids is 1. The van der Waals surface area contributed by atoms with Crippen molar-refractivity contribution in [1.29, 1.82) is 0 Å². The van der Waals surface area contributed by atoms with Crippen LogP contribution in [0.4, 0.5) is 5.95 Å². The molecule has 0 bridgehead atoms. The summed E-state index contributed by atoms with van der Waals surface area (Å²) in [5, 5.41) is 4.29. The summed E-state index contributed by atoms with van der Waals surface area (Å²) in [5.41, 5.74) is 1.28. The number of carbonyl (C=O) groups is 1. The lowest BCUT2D eigenvalue weighted by Crippen LogP contribution is -2.38. The molecule has 2 heterocycles. The molecule has 6 nitrogen and oxygen atoms in total. The molecule has 0 atom stereocenters. The van der Waals surface area contributed by atoms with Crippen molar-refractivity contribution in [2.75, 3.05) is 25.2 Å². The highest BCUT2D eigenvalue weighted by molar-refractivity contribution is 6.33. The maximum Gasteiger partial charge on any atom is 0.258 e. The number of nitrogens with one attached hydrogen (secondary N) is 1. The number of ether oxygens (including phenoxy) is 1. The number of rotatable bonds is 4. The van der Waals surface area contributed by atoms with Gasteiger partial charge in [-0.2, -0.15) is 0 Å². The van der Waals surface area contributed by atoms with Gasteiger partial charge in [0, 0.05) is 35.5 Å². The first-order valence-electron chi connectivity index (χ1n) is 7.50. The zero-order valence-corrected chi connectivity index (χ0v) is 14.3. The van der Waals surface area contributed by atoms with E-state index >= 15 is 0 Å². The van der Waals surface area contributed by atoms with Crippen LogP contribution < -0.4 is 5.32 Å². The minimum absolute atomic E-state index is 0.126. The van der Waals surface area contributed by atoms with E-state index in [1.54, 1.807) is 23.1 Å². The largest absolute Gasteiger partial charge is 0.361 e. The van der Waals surface area contributed by atoms with Crippen LogP contribution in [0.25, 0.3) is 0 Å². The summed E-state index contributed by atoms with van der Waals surface area (Å²) in [5.74, 6) is 0.289. The van der Waals surface area contributed by atoms with Gasteiger partial charge in [-0.05, 0) is 30.2 Å². The molecule has 1 amide bonds. The molecule has 1 aromatic carbocycles. The monoisotopic (exact) mass is 366 g/mol. The fourth-order valence-corrected chi connectivity index (χ4v) is 2.70. The Hall–Kier alpha value is -1.89. The summed E-state index contributed by atoms with van der Waals surface area (Å²) < 4.78 is 5.29. The summed E-state index contributed by atoms with van der Waals surface area (Å²) in [6.45, 7) is 2.13. The molecule has 1 aliphatic heterocycles. The SMILES string of the molecule is O=C(c1cnc(NCc2cc(Cl)ccc2Cl)nc1)N1CCCOC1. The van der Waals surface area contributed by atoms with Crippen LogP contribution >= 0.6 is 23.2 Å². The van der Waals surface area contributed by atoms with Gasteiger partial charge in [-0.1, -0.05) is 23.2 Å². The molecule has 126 valence electrons. The number of benzene rings is 1. The Bertz CT molecular complexity index is 719. The van der Waals surface area contributed by atoms with Crippen LogP contribution in [0.3, 0.4) is 0 Å². The van der Waals surface area contributed by atoms with Gasteiger partial charge in [0.25, 0.3) is 5.91 Å². The number of halogens is 2. The van der Waals surface area contributed by atoms with Crippen molar-refractivity contribution in [3.05, 3.63) is 51.8 Å². The predicted molar refractivity (Wildman–Crippen MR) is 92.3 cm³/mol. The Morgan fingerprint density at radius 1 is 1.29 bits per heavy atom. The second kappa shape index (κ2) is 7.79. The fraction of sp³-hybridized carbons (Fsp3) is 0.312. The lowest BCUT2D eigenvalue weighted by Gasteiger charge is -2.26.